The number of ether oxygens (including phenoxy) is 1. The Morgan fingerprint density at radius 2 is 2.08 bits per heavy atom. The van der Waals surface area contributed by atoms with Crippen molar-refractivity contribution >= 4 is 50.2 Å². The second-order valence-corrected chi connectivity index (χ2v) is 6.68. The third-order valence-electron chi connectivity index (χ3n) is 3.28. The highest BCUT2D eigenvalue weighted by molar-refractivity contribution is 7.22. The average Bonchev–Trinajstić information content (AvgIpc) is 2.93. The predicted molar refractivity (Wildman–Crippen MR) is 94.7 cm³/mol. The molecule has 3 rings (SSSR count). The van der Waals surface area contributed by atoms with Crippen LogP contribution < -0.4 is 5.32 Å². The third kappa shape index (κ3) is 4.12. The van der Waals surface area contributed by atoms with Gasteiger partial charge < -0.3 is 4.74 Å². The minimum atomic E-state index is -0.805. The molecule has 3 aromatic rings. The number of aryl methyl sites for hydroxylation is 1. The Kier molecular flexibility index (Phi) is 4.96. The number of fused-ring (bicyclic) bond motifs is 1. The van der Waals surface area contributed by atoms with E-state index in [1.165, 1.54) is 17.4 Å². The van der Waals surface area contributed by atoms with Gasteiger partial charge in [0.1, 0.15) is 5.82 Å². The molecule has 1 aromatic heterocycles. The molecule has 5 nitrogen and oxygen atoms in total. The van der Waals surface area contributed by atoms with Crippen molar-refractivity contribution in [3.05, 3.63) is 58.4 Å². The van der Waals surface area contributed by atoms with E-state index >= 15 is 0 Å². The van der Waals surface area contributed by atoms with Crippen molar-refractivity contribution in [1.82, 2.24) is 4.98 Å². The number of benzene rings is 2. The molecule has 1 N–H and O–H groups in total. The summed E-state index contributed by atoms with van der Waals surface area (Å²) in [5, 5.41) is 2.92. The van der Waals surface area contributed by atoms with E-state index in [4.69, 9.17) is 16.3 Å². The number of hydrogen-bond donors (Lipinski definition) is 1. The average molecular weight is 379 g/mol. The Morgan fingerprint density at radius 3 is 2.84 bits per heavy atom. The van der Waals surface area contributed by atoms with E-state index in [1.54, 1.807) is 0 Å². The Hall–Kier alpha value is -2.51. The van der Waals surface area contributed by atoms with Crippen LogP contribution in [-0.4, -0.2) is 23.5 Å². The number of nitrogens with zero attached hydrogens (tertiary/aromatic N) is 1. The van der Waals surface area contributed by atoms with Crippen LogP contribution in [0.15, 0.2) is 36.4 Å². The van der Waals surface area contributed by atoms with Crippen molar-refractivity contribution in [1.29, 1.82) is 0 Å². The summed E-state index contributed by atoms with van der Waals surface area (Å²) in [7, 11) is 0. The lowest BCUT2D eigenvalue weighted by Gasteiger charge is -2.06. The number of amides is 1. The molecule has 0 radical (unpaired) electrons. The number of esters is 1. The first kappa shape index (κ1) is 17.3. The zero-order valence-corrected chi connectivity index (χ0v) is 14.6. The fourth-order valence-electron chi connectivity index (χ4n) is 2.10. The smallest absolute Gasteiger partial charge is 0.340 e. The maximum Gasteiger partial charge on any atom is 0.340 e. The predicted octanol–water partition coefficient (Wildman–Crippen LogP) is 4.19. The van der Waals surface area contributed by atoms with Crippen LogP contribution in [0.5, 0.6) is 0 Å². The molecule has 8 heteroatoms. The number of anilines is 1. The molecule has 0 saturated carbocycles. The fraction of sp³-hybridized carbons (Fsp3) is 0.118. The standard InChI is InChI=1S/C17H12ClFN2O3S/c1-9-2-5-13-14(6-9)25-17(20-13)21-15(22)8-24-16(23)11-4-3-10(19)7-12(11)18/h2-7H,8H2,1H3,(H,20,21,22). The van der Waals surface area contributed by atoms with Gasteiger partial charge in [0, 0.05) is 0 Å². The van der Waals surface area contributed by atoms with Crippen molar-refractivity contribution in [2.45, 2.75) is 6.92 Å². The van der Waals surface area contributed by atoms with E-state index in [0.29, 0.717) is 5.13 Å². The molecule has 2 aromatic carbocycles. The highest BCUT2D eigenvalue weighted by Gasteiger charge is 2.15. The maximum absolute atomic E-state index is 13.0. The molecule has 25 heavy (non-hydrogen) atoms. The van der Waals surface area contributed by atoms with Gasteiger partial charge in [-0.3, -0.25) is 10.1 Å². The van der Waals surface area contributed by atoms with Crippen LogP contribution in [0.1, 0.15) is 15.9 Å². The minimum absolute atomic E-state index is 0.00803. The zero-order chi connectivity index (χ0) is 18.0. The normalized spacial score (nSPS) is 10.7. The molecule has 128 valence electrons. The molecule has 0 unspecified atom stereocenters. The molecule has 1 amide bonds. The van der Waals surface area contributed by atoms with Crippen LogP contribution in [0.25, 0.3) is 10.2 Å². The number of aromatic nitrogens is 1. The number of nitrogens with one attached hydrogen (secondary N) is 1. The Labute approximate surface area is 151 Å². The highest BCUT2D eigenvalue weighted by Crippen LogP contribution is 2.26. The summed E-state index contributed by atoms with van der Waals surface area (Å²) in [5.41, 5.74) is 1.87. The first-order chi connectivity index (χ1) is 11.9. The quantitative estimate of drug-likeness (QED) is 0.691. The summed E-state index contributed by atoms with van der Waals surface area (Å²) in [6, 6.07) is 9.06. The van der Waals surface area contributed by atoms with Gasteiger partial charge in [-0.15, -0.1) is 0 Å². The second-order valence-electron chi connectivity index (χ2n) is 5.24. The lowest BCUT2D eigenvalue weighted by atomic mass is 10.2. The van der Waals surface area contributed by atoms with Gasteiger partial charge in [-0.05, 0) is 42.8 Å². The summed E-state index contributed by atoms with van der Waals surface area (Å²) >= 11 is 7.11. The van der Waals surface area contributed by atoms with Crippen molar-refractivity contribution in [3.63, 3.8) is 0 Å². The second kappa shape index (κ2) is 7.16. The van der Waals surface area contributed by atoms with E-state index in [9.17, 15) is 14.0 Å². The highest BCUT2D eigenvalue weighted by atomic mass is 35.5. The Balaban J connectivity index is 1.61. The Morgan fingerprint density at radius 1 is 1.28 bits per heavy atom. The van der Waals surface area contributed by atoms with Crippen molar-refractivity contribution in [2.24, 2.45) is 0 Å². The van der Waals surface area contributed by atoms with Crippen LogP contribution in [-0.2, 0) is 9.53 Å². The van der Waals surface area contributed by atoms with Crippen molar-refractivity contribution in [2.75, 3.05) is 11.9 Å². The van der Waals surface area contributed by atoms with Gasteiger partial charge in [-0.25, -0.2) is 14.2 Å². The zero-order valence-electron chi connectivity index (χ0n) is 13.0. The minimum Gasteiger partial charge on any atom is -0.452 e. The maximum atomic E-state index is 13.0. The molecule has 0 aliphatic carbocycles. The molecular formula is C17H12ClFN2O3S. The van der Waals surface area contributed by atoms with Gasteiger partial charge in [0.15, 0.2) is 11.7 Å². The topological polar surface area (TPSA) is 68.3 Å². The summed E-state index contributed by atoms with van der Waals surface area (Å²) < 4.78 is 18.8. The fourth-order valence-corrected chi connectivity index (χ4v) is 3.33. The Bertz CT molecular complexity index is 974. The summed E-state index contributed by atoms with van der Waals surface area (Å²) in [4.78, 5) is 28.1. The van der Waals surface area contributed by atoms with Crippen LogP contribution in [0.2, 0.25) is 5.02 Å². The van der Waals surface area contributed by atoms with Crippen LogP contribution in [0, 0.1) is 12.7 Å². The van der Waals surface area contributed by atoms with Gasteiger partial charge >= 0.3 is 5.97 Å². The van der Waals surface area contributed by atoms with Gasteiger partial charge in [0.2, 0.25) is 0 Å². The largest absolute Gasteiger partial charge is 0.452 e. The summed E-state index contributed by atoms with van der Waals surface area (Å²) in [6.07, 6.45) is 0. The number of carbonyl (C=O) groups excluding carboxylic acids is 2. The number of rotatable bonds is 4. The lowest BCUT2D eigenvalue weighted by Crippen LogP contribution is -2.21. The molecule has 0 aliphatic rings. The van der Waals surface area contributed by atoms with Gasteiger partial charge in [-0.2, -0.15) is 0 Å². The SMILES string of the molecule is Cc1ccc2nc(NC(=O)COC(=O)c3ccc(F)cc3Cl)sc2c1. The number of carbonyl (C=O) groups is 2. The van der Waals surface area contributed by atoms with Crippen molar-refractivity contribution < 1.29 is 18.7 Å². The molecule has 1 heterocycles. The summed E-state index contributed by atoms with van der Waals surface area (Å²) in [6.45, 7) is 1.47. The van der Waals surface area contributed by atoms with E-state index in [-0.39, 0.29) is 10.6 Å². The number of hydrogen-bond acceptors (Lipinski definition) is 5. The summed E-state index contributed by atoms with van der Waals surface area (Å²) in [5.74, 6) is -1.90. The van der Waals surface area contributed by atoms with E-state index < -0.39 is 24.3 Å². The first-order valence-electron chi connectivity index (χ1n) is 7.21. The first-order valence-corrected chi connectivity index (χ1v) is 8.41. The van der Waals surface area contributed by atoms with Gasteiger partial charge in [-0.1, -0.05) is 29.0 Å². The van der Waals surface area contributed by atoms with Crippen LogP contribution >= 0.6 is 22.9 Å². The van der Waals surface area contributed by atoms with Gasteiger partial charge in [0.25, 0.3) is 5.91 Å². The lowest BCUT2D eigenvalue weighted by molar-refractivity contribution is -0.119. The molecule has 0 saturated heterocycles. The molecule has 0 spiro atoms. The molecule has 0 aliphatic heterocycles. The monoisotopic (exact) mass is 378 g/mol. The third-order valence-corrected chi connectivity index (χ3v) is 4.52. The van der Waals surface area contributed by atoms with E-state index in [2.05, 4.69) is 10.3 Å². The molecule has 0 bridgehead atoms. The molecule has 0 atom stereocenters. The van der Waals surface area contributed by atoms with Crippen LogP contribution in [0.3, 0.4) is 0 Å². The number of halogens is 2. The van der Waals surface area contributed by atoms with E-state index in [1.807, 2.05) is 25.1 Å². The van der Waals surface area contributed by atoms with Gasteiger partial charge in [0.05, 0.1) is 20.8 Å². The molecular weight excluding hydrogens is 367 g/mol. The van der Waals surface area contributed by atoms with Crippen LogP contribution in [0.4, 0.5) is 9.52 Å². The molecule has 0 fully saturated rings. The number of thiazole rings is 1. The van der Waals surface area contributed by atoms with E-state index in [0.717, 1.165) is 27.9 Å². The van der Waals surface area contributed by atoms with Crippen molar-refractivity contribution in [3.8, 4) is 0 Å².